The van der Waals surface area contributed by atoms with Gasteiger partial charge in [-0.05, 0) is 48.0 Å². The normalized spacial score (nSPS) is 14.6. The monoisotopic (exact) mass is 610 g/mol. The molecule has 1 aliphatic rings. The Morgan fingerprint density at radius 3 is 2.24 bits per heavy atom. The number of nitrogens with zero attached hydrogens (tertiary/aromatic N) is 2. The molecule has 0 bridgehead atoms. The van der Waals surface area contributed by atoms with Gasteiger partial charge in [0.1, 0.15) is 11.4 Å². The van der Waals surface area contributed by atoms with Gasteiger partial charge in [0.2, 0.25) is 5.82 Å². The van der Waals surface area contributed by atoms with Crippen LogP contribution in [-0.2, 0) is 14.3 Å². The molecule has 34 heavy (non-hydrogen) atoms. The summed E-state index contributed by atoms with van der Waals surface area (Å²) in [6.07, 6.45) is 1.24. The molecular formula is C21H13Br2F5N2O4. The van der Waals surface area contributed by atoms with Gasteiger partial charge in [-0.3, -0.25) is 4.79 Å². The number of rotatable bonds is 6. The summed E-state index contributed by atoms with van der Waals surface area (Å²) >= 11 is 6.55. The van der Waals surface area contributed by atoms with E-state index in [0.717, 1.165) is 0 Å². The second-order valence-electron chi connectivity index (χ2n) is 6.68. The predicted molar refractivity (Wildman–Crippen MR) is 119 cm³/mol. The Bertz CT molecular complexity index is 1240. The lowest BCUT2D eigenvalue weighted by Gasteiger charge is -2.15. The number of ether oxygens (including phenoxy) is 2. The van der Waals surface area contributed by atoms with Crippen molar-refractivity contribution in [3.63, 3.8) is 0 Å². The fourth-order valence-corrected chi connectivity index (χ4v) is 4.32. The van der Waals surface area contributed by atoms with Crippen LogP contribution in [0.5, 0.6) is 5.75 Å². The quantitative estimate of drug-likeness (QED) is 0.139. The molecule has 1 amide bonds. The highest BCUT2D eigenvalue weighted by molar-refractivity contribution is 9.11. The van der Waals surface area contributed by atoms with Crippen LogP contribution in [0.3, 0.4) is 0 Å². The van der Waals surface area contributed by atoms with Gasteiger partial charge in [-0.15, -0.1) is 0 Å². The molecule has 13 heteroatoms. The van der Waals surface area contributed by atoms with E-state index in [2.05, 4.69) is 37.0 Å². The maximum absolute atomic E-state index is 14.2. The van der Waals surface area contributed by atoms with Gasteiger partial charge in [-0.1, -0.05) is 15.9 Å². The van der Waals surface area contributed by atoms with E-state index in [0.29, 0.717) is 8.95 Å². The minimum atomic E-state index is -2.36. The van der Waals surface area contributed by atoms with Crippen LogP contribution in [0.15, 0.2) is 31.8 Å². The van der Waals surface area contributed by atoms with Crippen LogP contribution in [-0.4, -0.2) is 30.8 Å². The van der Waals surface area contributed by atoms with Gasteiger partial charge in [0.25, 0.3) is 5.91 Å². The first kappa shape index (κ1) is 25.8. The number of anilines is 1. The van der Waals surface area contributed by atoms with E-state index in [4.69, 9.17) is 9.47 Å². The van der Waals surface area contributed by atoms with E-state index in [1.807, 2.05) is 0 Å². The lowest BCUT2D eigenvalue weighted by Crippen LogP contribution is -2.25. The second kappa shape index (κ2) is 10.2. The fraction of sp³-hybridized carbons (Fsp3) is 0.190. The maximum atomic E-state index is 14.2. The molecule has 1 heterocycles. The van der Waals surface area contributed by atoms with E-state index in [-0.39, 0.29) is 34.2 Å². The number of amides is 1. The van der Waals surface area contributed by atoms with Crippen LogP contribution in [0.25, 0.3) is 6.08 Å². The number of carbonyl (C=O) groups is 2. The van der Waals surface area contributed by atoms with E-state index in [1.54, 1.807) is 13.0 Å². The SMILES string of the molecule is CCOC(=O)COc1c(Br)cc(Br)cc1/C=C1\C(=O)N(c2c(F)c(F)c(F)c(F)c2F)N=C1C. The van der Waals surface area contributed by atoms with E-state index in [9.17, 15) is 31.5 Å². The highest BCUT2D eigenvalue weighted by Crippen LogP contribution is 2.37. The summed E-state index contributed by atoms with van der Waals surface area (Å²) in [6.45, 7) is 2.61. The zero-order chi connectivity index (χ0) is 25.3. The largest absolute Gasteiger partial charge is 0.480 e. The average molecular weight is 612 g/mol. The van der Waals surface area contributed by atoms with Crippen molar-refractivity contribution in [2.24, 2.45) is 5.10 Å². The zero-order valence-electron chi connectivity index (χ0n) is 17.3. The van der Waals surface area contributed by atoms with Crippen molar-refractivity contribution in [3.8, 4) is 5.75 Å². The minimum absolute atomic E-state index is 0.0682. The Morgan fingerprint density at radius 2 is 1.65 bits per heavy atom. The van der Waals surface area contributed by atoms with Crippen molar-refractivity contribution in [1.29, 1.82) is 0 Å². The van der Waals surface area contributed by atoms with Gasteiger partial charge in [-0.2, -0.15) is 10.1 Å². The molecule has 1 aliphatic heterocycles. The first-order valence-electron chi connectivity index (χ1n) is 9.38. The smallest absolute Gasteiger partial charge is 0.344 e. The fourth-order valence-electron chi connectivity index (χ4n) is 2.94. The molecule has 6 nitrogen and oxygen atoms in total. The first-order valence-corrected chi connectivity index (χ1v) is 11.0. The van der Waals surface area contributed by atoms with Crippen molar-refractivity contribution in [2.75, 3.05) is 18.2 Å². The summed E-state index contributed by atoms with van der Waals surface area (Å²) in [5.74, 6) is -12.9. The van der Waals surface area contributed by atoms with Crippen LogP contribution >= 0.6 is 31.9 Å². The number of hydrogen-bond donors (Lipinski definition) is 0. The van der Waals surface area contributed by atoms with Crippen molar-refractivity contribution < 1.29 is 41.0 Å². The molecule has 0 atom stereocenters. The molecule has 2 aromatic carbocycles. The topological polar surface area (TPSA) is 68.2 Å². The number of hydrazone groups is 1. The summed E-state index contributed by atoms with van der Waals surface area (Å²) in [5.41, 5.74) is -1.54. The Kier molecular flexibility index (Phi) is 7.76. The van der Waals surface area contributed by atoms with Crippen molar-refractivity contribution in [3.05, 3.63) is 61.3 Å². The molecule has 0 aliphatic carbocycles. The number of esters is 1. The van der Waals surface area contributed by atoms with Gasteiger partial charge in [0.05, 0.1) is 22.4 Å². The summed E-state index contributed by atoms with van der Waals surface area (Å²) in [7, 11) is 0. The third-order valence-corrected chi connectivity index (χ3v) is 5.48. The molecule has 2 aromatic rings. The lowest BCUT2D eigenvalue weighted by molar-refractivity contribution is -0.145. The summed E-state index contributed by atoms with van der Waals surface area (Å²) in [4.78, 5) is 24.6. The minimum Gasteiger partial charge on any atom is -0.480 e. The third-order valence-electron chi connectivity index (χ3n) is 4.44. The summed E-state index contributed by atoms with van der Waals surface area (Å²) < 4.78 is 80.4. The number of benzene rings is 2. The Labute approximate surface area is 206 Å². The van der Waals surface area contributed by atoms with Gasteiger partial charge in [0.15, 0.2) is 29.9 Å². The van der Waals surface area contributed by atoms with Gasteiger partial charge in [-0.25, -0.2) is 26.7 Å². The molecule has 0 unspecified atom stereocenters. The van der Waals surface area contributed by atoms with Crippen LogP contribution in [0, 0.1) is 29.1 Å². The molecular weight excluding hydrogens is 599 g/mol. The lowest BCUT2D eigenvalue weighted by atomic mass is 10.1. The molecule has 3 rings (SSSR count). The summed E-state index contributed by atoms with van der Waals surface area (Å²) in [6, 6.07) is 3.11. The highest BCUT2D eigenvalue weighted by Gasteiger charge is 2.37. The van der Waals surface area contributed by atoms with Gasteiger partial charge < -0.3 is 9.47 Å². The van der Waals surface area contributed by atoms with E-state index < -0.39 is 53.3 Å². The summed E-state index contributed by atoms with van der Waals surface area (Å²) in [5, 5.41) is 3.78. The standard InChI is InChI=1S/C21H13Br2F5N2O4/c1-3-33-13(31)7-34-20-9(4-10(22)6-12(20)23)5-11-8(2)29-30(21(11)32)19-17(27)15(25)14(24)16(26)18(19)28/h4-6H,3,7H2,1-2H3/b11-5-. The Morgan fingerprint density at radius 1 is 1.06 bits per heavy atom. The number of halogens is 7. The molecule has 0 N–H and O–H groups in total. The van der Waals surface area contributed by atoms with Crippen molar-refractivity contribution in [2.45, 2.75) is 13.8 Å². The van der Waals surface area contributed by atoms with Crippen LogP contribution < -0.4 is 9.75 Å². The average Bonchev–Trinajstić information content (AvgIpc) is 3.04. The van der Waals surface area contributed by atoms with Gasteiger partial charge in [0, 0.05) is 10.0 Å². The third kappa shape index (κ3) is 4.85. The predicted octanol–water partition coefficient (Wildman–Crippen LogP) is 5.66. The molecule has 0 saturated carbocycles. The molecule has 0 saturated heterocycles. The Balaban J connectivity index is 2.05. The zero-order valence-corrected chi connectivity index (χ0v) is 20.5. The molecule has 0 aromatic heterocycles. The second-order valence-corrected chi connectivity index (χ2v) is 8.45. The molecule has 180 valence electrons. The van der Waals surface area contributed by atoms with Crippen LogP contribution in [0.4, 0.5) is 27.6 Å². The van der Waals surface area contributed by atoms with Gasteiger partial charge >= 0.3 is 5.97 Å². The van der Waals surface area contributed by atoms with Crippen molar-refractivity contribution in [1.82, 2.24) is 0 Å². The number of carbonyl (C=O) groups excluding carboxylic acids is 2. The van der Waals surface area contributed by atoms with Crippen LogP contribution in [0.1, 0.15) is 19.4 Å². The van der Waals surface area contributed by atoms with Crippen molar-refractivity contribution >= 4 is 61.2 Å². The molecule has 0 fully saturated rings. The highest BCUT2D eigenvalue weighted by atomic mass is 79.9. The maximum Gasteiger partial charge on any atom is 0.344 e. The van der Waals surface area contributed by atoms with E-state index in [1.165, 1.54) is 19.1 Å². The number of hydrogen-bond acceptors (Lipinski definition) is 5. The molecule has 0 spiro atoms. The van der Waals surface area contributed by atoms with E-state index >= 15 is 0 Å². The van der Waals surface area contributed by atoms with Crippen LogP contribution in [0.2, 0.25) is 0 Å². The molecule has 0 radical (unpaired) electrons. The Hall–Kier alpha value is -2.80. The first-order chi connectivity index (χ1) is 16.0.